The minimum atomic E-state index is -0.941. The molecule has 0 spiro atoms. The summed E-state index contributed by atoms with van der Waals surface area (Å²) in [5, 5.41) is 2.68. The Hall–Kier alpha value is -3.09. The molecule has 1 aromatic heterocycles. The van der Waals surface area contributed by atoms with Crippen LogP contribution in [-0.2, 0) is 6.54 Å². The fourth-order valence-electron chi connectivity index (χ4n) is 2.62. The molecule has 3 aromatic rings. The molecule has 0 aliphatic rings. The van der Waals surface area contributed by atoms with Gasteiger partial charge in [-0.2, -0.15) is 0 Å². The second kappa shape index (κ2) is 7.03. The van der Waals surface area contributed by atoms with Crippen molar-refractivity contribution in [1.29, 1.82) is 0 Å². The van der Waals surface area contributed by atoms with Gasteiger partial charge in [0.1, 0.15) is 17.3 Å². The first-order valence-corrected chi connectivity index (χ1v) is 7.72. The quantitative estimate of drug-likeness (QED) is 0.702. The number of aromatic nitrogens is 1. The van der Waals surface area contributed by atoms with Crippen LogP contribution in [0.5, 0.6) is 0 Å². The summed E-state index contributed by atoms with van der Waals surface area (Å²) in [5.41, 5.74) is -0.451. The molecule has 2 aromatic carbocycles. The first-order chi connectivity index (χ1) is 12.4. The van der Waals surface area contributed by atoms with Crippen LogP contribution >= 0.6 is 0 Å². The number of hydrogen-bond donors (Lipinski definition) is 1. The van der Waals surface area contributed by atoms with Crippen LogP contribution in [0.4, 0.5) is 23.2 Å². The standard InChI is InChI=1S/C19H14F4N2O/c1-11-3-2-4-18(26)25(11)19-16(22)8-14(9-17(19)23)24-10-12-5-6-13(20)7-15(12)21/h2-9,24H,10H2,1H3. The predicted octanol–water partition coefficient (Wildman–Crippen LogP) is 4.31. The van der Waals surface area contributed by atoms with E-state index in [0.29, 0.717) is 5.69 Å². The van der Waals surface area contributed by atoms with Crippen molar-refractivity contribution in [1.82, 2.24) is 4.57 Å². The lowest BCUT2D eigenvalue weighted by Gasteiger charge is -2.14. The number of pyridine rings is 1. The molecule has 3 rings (SSSR count). The number of halogens is 4. The Morgan fingerprint density at radius 2 is 1.62 bits per heavy atom. The molecule has 0 bridgehead atoms. The molecular weight excluding hydrogens is 348 g/mol. The van der Waals surface area contributed by atoms with E-state index in [4.69, 9.17) is 0 Å². The third kappa shape index (κ3) is 3.46. The highest BCUT2D eigenvalue weighted by Crippen LogP contribution is 2.23. The molecular formula is C19H14F4N2O. The van der Waals surface area contributed by atoms with Gasteiger partial charge in [-0.05, 0) is 31.2 Å². The summed E-state index contributed by atoms with van der Waals surface area (Å²) in [6, 6.07) is 9.35. The number of anilines is 1. The molecule has 3 nitrogen and oxygen atoms in total. The average Bonchev–Trinajstić information content (AvgIpc) is 2.56. The largest absolute Gasteiger partial charge is 0.381 e. The highest BCUT2D eigenvalue weighted by Gasteiger charge is 2.16. The maximum Gasteiger partial charge on any atom is 0.255 e. The molecule has 0 amide bonds. The van der Waals surface area contributed by atoms with Crippen LogP contribution in [0, 0.1) is 30.2 Å². The fraction of sp³-hybridized carbons (Fsp3) is 0.105. The van der Waals surface area contributed by atoms with E-state index in [9.17, 15) is 22.4 Å². The molecule has 0 aliphatic carbocycles. The van der Waals surface area contributed by atoms with Gasteiger partial charge < -0.3 is 5.32 Å². The van der Waals surface area contributed by atoms with Crippen LogP contribution in [0.2, 0.25) is 0 Å². The third-order valence-electron chi connectivity index (χ3n) is 3.89. The van der Waals surface area contributed by atoms with Gasteiger partial charge >= 0.3 is 0 Å². The molecule has 0 unspecified atom stereocenters. The van der Waals surface area contributed by atoms with Crippen LogP contribution in [0.3, 0.4) is 0 Å². The molecule has 0 saturated carbocycles. The van der Waals surface area contributed by atoms with E-state index >= 15 is 0 Å². The molecule has 0 radical (unpaired) electrons. The zero-order valence-electron chi connectivity index (χ0n) is 13.7. The molecule has 1 heterocycles. The van der Waals surface area contributed by atoms with Gasteiger partial charge in [-0.25, -0.2) is 17.6 Å². The van der Waals surface area contributed by atoms with E-state index in [0.717, 1.165) is 28.8 Å². The Balaban J connectivity index is 1.91. The van der Waals surface area contributed by atoms with Crippen molar-refractivity contribution >= 4 is 5.69 Å². The summed E-state index contributed by atoms with van der Waals surface area (Å²) < 4.78 is 56.4. The van der Waals surface area contributed by atoms with Crippen molar-refractivity contribution in [3.8, 4) is 5.69 Å². The molecule has 0 atom stereocenters. The minimum absolute atomic E-state index is 0.0640. The van der Waals surface area contributed by atoms with Crippen LogP contribution < -0.4 is 10.9 Å². The van der Waals surface area contributed by atoms with Gasteiger partial charge in [0.2, 0.25) is 0 Å². The van der Waals surface area contributed by atoms with Crippen molar-refractivity contribution < 1.29 is 17.6 Å². The summed E-state index contributed by atoms with van der Waals surface area (Å²) in [6.07, 6.45) is 0. The second-order valence-corrected chi connectivity index (χ2v) is 5.72. The third-order valence-corrected chi connectivity index (χ3v) is 3.89. The number of nitrogens with zero attached hydrogens (tertiary/aromatic N) is 1. The number of nitrogens with one attached hydrogen (secondary N) is 1. The molecule has 134 valence electrons. The number of hydrogen-bond acceptors (Lipinski definition) is 2. The minimum Gasteiger partial charge on any atom is -0.381 e. The lowest BCUT2D eigenvalue weighted by molar-refractivity contribution is 0.565. The maximum atomic E-state index is 14.5. The van der Waals surface area contributed by atoms with Gasteiger partial charge in [0, 0.05) is 35.6 Å². The lowest BCUT2D eigenvalue weighted by atomic mass is 10.2. The van der Waals surface area contributed by atoms with Gasteiger partial charge in [-0.15, -0.1) is 0 Å². The van der Waals surface area contributed by atoms with Crippen molar-refractivity contribution in [3.05, 3.63) is 93.4 Å². The summed E-state index contributed by atoms with van der Waals surface area (Å²) in [7, 11) is 0. The molecule has 0 saturated heterocycles. The Labute approximate surface area is 146 Å². The highest BCUT2D eigenvalue weighted by atomic mass is 19.1. The van der Waals surface area contributed by atoms with Gasteiger partial charge in [0.15, 0.2) is 11.6 Å². The van der Waals surface area contributed by atoms with E-state index in [1.807, 2.05) is 0 Å². The Bertz CT molecular complexity index is 1010. The number of rotatable bonds is 4. The Morgan fingerprint density at radius 3 is 2.23 bits per heavy atom. The highest BCUT2D eigenvalue weighted by molar-refractivity contribution is 5.51. The normalized spacial score (nSPS) is 10.8. The molecule has 7 heteroatoms. The number of benzene rings is 2. The van der Waals surface area contributed by atoms with E-state index < -0.39 is 34.5 Å². The topological polar surface area (TPSA) is 34.0 Å². The zero-order chi connectivity index (χ0) is 18.8. The summed E-state index contributed by atoms with van der Waals surface area (Å²) in [4.78, 5) is 11.9. The Kier molecular flexibility index (Phi) is 4.79. The van der Waals surface area contributed by atoms with Gasteiger partial charge in [0.05, 0.1) is 0 Å². The average molecular weight is 362 g/mol. The van der Waals surface area contributed by atoms with Crippen molar-refractivity contribution in [3.63, 3.8) is 0 Å². The summed E-state index contributed by atoms with van der Waals surface area (Å²) in [5.74, 6) is -3.36. The lowest BCUT2D eigenvalue weighted by Crippen LogP contribution is -2.21. The van der Waals surface area contributed by atoms with Crippen molar-refractivity contribution in [2.24, 2.45) is 0 Å². The second-order valence-electron chi connectivity index (χ2n) is 5.72. The van der Waals surface area contributed by atoms with E-state index in [1.54, 1.807) is 13.0 Å². The predicted molar refractivity (Wildman–Crippen MR) is 90.4 cm³/mol. The maximum absolute atomic E-state index is 14.5. The van der Waals surface area contributed by atoms with Crippen LogP contribution in [0.1, 0.15) is 11.3 Å². The van der Waals surface area contributed by atoms with Gasteiger partial charge in [0.25, 0.3) is 5.56 Å². The van der Waals surface area contributed by atoms with Crippen LogP contribution in [0.25, 0.3) is 5.69 Å². The fourth-order valence-corrected chi connectivity index (χ4v) is 2.62. The number of aryl methyl sites for hydroxylation is 1. The smallest absolute Gasteiger partial charge is 0.255 e. The van der Waals surface area contributed by atoms with Crippen LogP contribution in [0.15, 0.2) is 53.3 Å². The van der Waals surface area contributed by atoms with Crippen LogP contribution in [-0.4, -0.2) is 4.57 Å². The molecule has 0 fully saturated rings. The zero-order valence-corrected chi connectivity index (χ0v) is 13.7. The van der Waals surface area contributed by atoms with Gasteiger partial charge in [-0.3, -0.25) is 9.36 Å². The first-order valence-electron chi connectivity index (χ1n) is 7.72. The summed E-state index contributed by atoms with van der Waals surface area (Å²) >= 11 is 0. The summed E-state index contributed by atoms with van der Waals surface area (Å²) in [6.45, 7) is 1.47. The molecule has 1 N–H and O–H groups in total. The van der Waals surface area contributed by atoms with Crippen molar-refractivity contribution in [2.45, 2.75) is 13.5 Å². The monoisotopic (exact) mass is 362 g/mol. The molecule has 26 heavy (non-hydrogen) atoms. The van der Waals surface area contributed by atoms with E-state index in [-0.39, 0.29) is 17.8 Å². The van der Waals surface area contributed by atoms with E-state index in [2.05, 4.69) is 5.32 Å². The van der Waals surface area contributed by atoms with Gasteiger partial charge in [-0.1, -0.05) is 12.1 Å². The van der Waals surface area contributed by atoms with Crippen molar-refractivity contribution in [2.75, 3.05) is 5.32 Å². The SMILES string of the molecule is Cc1cccc(=O)n1-c1c(F)cc(NCc2ccc(F)cc2F)cc1F. The Morgan fingerprint density at radius 1 is 0.923 bits per heavy atom. The molecule has 0 aliphatic heterocycles. The van der Waals surface area contributed by atoms with E-state index in [1.165, 1.54) is 18.2 Å². The first kappa shape index (κ1) is 17.7.